The number of fused-ring (bicyclic) bond motifs is 1. The van der Waals surface area contributed by atoms with Crippen molar-refractivity contribution in [3.8, 4) is 0 Å². The summed E-state index contributed by atoms with van der Waals surface area (Å²) in [5.41, 5.74) is 4.18. The van der Waals surface area contributed by atoms with Crippen molar-refractivity contribution < 1.29 is 4.79 Å². The van der Waals surface area contributed by atoms with E-state index in [4.69, 9.17) is 0 Å². The van der Waals surface area contributed by atoms with E-state index in [2.05, 4.69) is 10.1 Å². The highest BCUT2D eigenvalue weighted by molar-refractivity contribution is 5.94. The van der Waals surface area contributed by atoms with Crippen LogP contribution in [0.2, 0.25) is 0 Å². The predicted molar refractivity (Wildman–Crippen MR) is 82.7 cm³/mol. The van der Waals surface area contributed by atoms with E-state index in [0.717, 1.165) is 38.0 Å². The Morgan fingerprint density at radius 2 is 2.05 bits per heavy atom. The number of carbonyl (C=O) groups is 1. The lowest BCUT2D eigenvalue weighted by atomic mass is 9.92. The summed E-state index contributed by atoms with van der Waals surface area (Å²) < 4.78 is 1.90. The molecule has 2 aromatic heterocycles. The lowest BCUT2D eigenvalue weighted by molar-refractivity contribution is 0.0590. The SMILES string of the molecule is Cn1nc(C(=O)N2CC(c3ccccn3)C2)c2c1CCCC2. The number of nitrogens with zero attached hydrogens (tertiary/aromatic N) is 4. The highest BCUT2D eigenvalue weighted by Crippen LogP contribution is 2.29. The van der Waals surface area contributed by atoms with E-state index in [0.29, 0.717) is 11.6 Å². The van der Waals surface area contributed by atoms with Crippen molar-refractivity contribution in [1.82, 2.24) is 19.7 Å². The molecule has 0 atom stereocenters. The third-order valence-electron chi connectivity index (χ3n) is 4.84. The van der Waals surface area contributed by atoms with Gasteiger partial charge in [0.1, 0.15) is 0 Å². The van der Waals surface area contributed by atoms with Crippen LogP contribution in [0.5, 0.6) is 0 Å². The molecule has 4 rings (SSSR count). The van der Waals surface area contributed by atoms with Crippen LogP contribution < -0.4 is 0 Å². The molecule has 1 aliphatic heterocycles. The average molecular weight is 296 g/mol. The Bertz CT molecular complexity index is 701. The number of carbonyl (C=O) groups excluding carboxylic acids is 1. The fourth-order valence-corrected chi connectivity index (χ4v) is 3.54. The molecule has 1 aliphatic carbocycles. The van der Waals surface area contributed by atoms with Gasteiger partial charge in [0.25, 0.3) is 5.91 Å². The van der Waals surface area contributed by atoms with E-state index < -0.39 is 0 Å². The Hall–Kier alpha value is -2.17. The summed E-state index contributed by atoms with van der Waals surface area (Å²) in [5.74, 6) is 0.454. The van der Waals surface area contributed by atoms with Gasteiger partial charge in [-0.2, -0.15) is 5.10 Å². The number of rotatable bonds is 2. The second kappa shape index (κ2) is 5.23. The molecule has 0 unspecified atom stereocenters. The number of hydrogen-bond acceptors (Lipinski definition) is 3. The number of pyridine rings is 1. The summed E-state index contributed by atoms with van der Waals surface area (Å²) in [6.45, 7) is 1.50. The zero-order valence-electron chi connectivity index (χ0n) is 12.8. The summed E-state index contributed by atoms with van der Waals surface area (Å²) in [4.78, 5) is 19.0. The minimum Gasteiger partial charge on any atom is -0.336 e. The maximum Gasteiger partial charge on any atom is 0.274 e. The lowest BCUT2D eigenvalue weighted by Crippen LogP contribution is -2.49. The largest absolute Gasteiger partial charge is 0.336 e. The molecule has 2 aliphatic rings. The second-order valence-corrected chi connectivity index (χ2v) is 6.27. The number of amides is 1. The number of likely N-dealkylation sites (tertiary alicyclic amines) is 1. The zero-order valence-corrected chi connectivity index (χ0v) is 12.8. The van der Waals surface area contributed by atoms with Crippen molar-refractivity contribution in [3.05, 3.63) is 47.0 Å². The van der Waals surface area contributed by atoms with Crippen LogP contribution in [0.1, 0.15) is 46.2 Å². The van der Waals surface area contributed by atoms with E-state index in [1.165, 1.54) is 17.7 Å². The summed E-state index contributed by atoms with van der Waals surface area (Å²) >= 11 is 0. The summed E-state index contributed by atoms with van der Waals surface area (Å²) in [7, 11) is 1.95. The van der Waals surface area contributed by atoms with Crippen molar-refractivity contribution in [2.24, 2.45) is 7.05 Å². The fraction of sp³-hybridized carbons (Fsp3) is 0.471. The van der Waals surface area contributed by atoms with Gasteiger partial charge in [-0.3, -0.25) is 14.5 Å². The summed E-state index contributed by atoms with van der Waals surface area (Å²) in [5, 5.41) is 4.50. The smallest absolute Gasteiger partial charge is 0.274 e. The topological polar surface area (TPSA) is 51.0 Å². The fourth-order valence-electron chi connectivity index (χ4n) is 3.54. The van der Waals surface area contributed by atoms with E-state index in [-0.39, 0.29) is 5.91 Å². The first-order valence-electron chi connectivity index (χ1n) is 7.99. The number of aryl methyl sites for hydroxylation is 1. The Kier molecular flexibility index (Phi) is 3.21. The number of hydrogen-bond donors (Lipinski definition) is 0. The van der Waals surface area contributed by atoms with Crippen LogP contribution in [0.15, 0.2) is 24.4 Å². The monoisotopic (exact) mass is 296 g/mol. The standard InChI is InChI=1S/C17H20N4O/c1-20-15-8-3-2-6-13(15)16(19-20)17(22)21-10-12(11-21)14-7-4-5-9-18-14/h4-5,7,9,12H,2-3,6,8,10-11H2,1H3. The quantitative estimate of drug-likeness (QED) is 0.851. The third kappa shape index (κ3) is 2.12. The van der Waals surface area contributed by atoms with Gasteiger partial charge >= 0.3 is 0 Å². The molecule has 3 heterocycles. The minimum atomic E-state index is 0.0888. The minimum absolute atomic E-state index is 0.0888. The molecule has 22 heavy (non-hydrogen) atoms. The molecule has 5 nitrogen and oxygen atoms in total. The summed E-state index contributed by atoms with van der Waals surface area (Å²) in [6.07, 6.45) is 6.21. The van der Waals surface area contributed by atoms with Crippen LogP contribution >= 0.6 is 0 Å². The average Bonchev–Trinajstić information content (AvgIpc) is 2.85. The van der Waals surface area contributed by atoms with Crippen LogP contribution in [0.25, 0.3) is 0 Å². The lowest BCUT2D eigenvalue weighted by Gasteiger charge is -2.38. The molecular weight excluding hydrogens is 276 g/mol. The Morgan fingerprint density at radius 3 is 2.82 bits per heavy atom. The van der Waals surface area contributed by atoms with Gasteiger partial charge in [0.15, 0.2) is 5.69 Å². The van der Waals surface area contributed by atoms with Crippen molar-refractivity contribution >= 4 is 5.91 Å². The zero-order chi connectivity index (χ0) is 15.1. The summed E-state index contributed by atoms with van der Waals surface area (Å²) in [6, 6.07) is 5.96. The molecule has 114 valence electrons. The van der Waals surface area contributed by atoms with E-state index in [1.54, 1.807) is 0 Å². The molecule has 2 aromatic rings. The van der Waals surface area contributed by atoms with Crippen LogP contribution in [0.3, 0.4) is 0 Å². The first kappa shape index (κ1) is 13.5. The van der Waals surface area contributed by atoms with Crippen LogP contribution in [0.4, 0.5) is 0 Å². The third-order valence-corrected chi connectivity index (χ3v) is 4.84. The molecule has 0 bridgehead atoms. The van der Waals surface area contributed by atoms with Crippen molar-refractivity contribution in [3.63, 3.8) is 0 Å². The molecule has 0 N–H and O–H groups in total. The van der Waals surface area contributed by atoms with Gasteiger partial charge in [-0.15, -0.1) is 0 Å². The van der Waals surface area contributed by atoms with E-state index in [9.17, 15) is 4.79 Å². The van der Waals surface area contributed by atoms with Gasteiger partial charge in [-0.05, 0) is 37.8 Å². The van der Waals surface area contributed by atoms with Gasteiger partial charge < -0.3 is 4.90 Å². The van der Waals surface area contributed by atoms with Crippen molar-refractivity contribution in [1.29, 1.82) is 0 Å². The second-order valence-electron chi connectivity index (χ2n) is 6.27. The van der Waals surface area contributed by atoms with E-state index >= 15 is 0 Å². The van der Waals surface area contributed by atoms with Crippen molar-refractivity contribution in [2.45, 2.75) is 31.6 Å². The predicted octanol–water partition coefficient (Wildman–Crippen LogP) is 1.93. The maximum atomic E-state index is 12.7. The molecule has 1 saturated heterocycles. The van der Waals surface area contributed by atoms with E-state index in [1.807, 2.05) is 41.0 Å². The molecule has 5 heteroatoms. The van der Waals surface area contributed by atoms with Gasteiger partial charge in [0, 0.05) is 49.2 Å². The van der Waals surface area contributed by atoms with Gasteiger partial charge in [-0.1, -0.05) is 6.07 Å². The molecule has 0 aromatic carbocycles. The Labute approximate surface area is 130 Å². The van der Waals surface area contributed by atoms with Crippen LogP contribution in [-0.4, -0.2) is 38.7 Å². The molecule has 0 saturated carbocycles. The molecule has 1 amide bonds. The highest BCUT2D eigenvalue weighted by Gasteiger charge is 2.36. The van der Waals surface area contributed by atoms with Gasteiger partial charge in [0.2, 0.25) is 0 Å². The van der Waals surface area contributed by atoms with Crippen LogP contribution in [0, 0.1) is 0 Å². The molecule has 1 fully saturated rings. The molecule has 0 spiro atoms. The molecular formula is C17H20N4O. The Morgan fingerprint density at radius 1 is 1.23 bits per heavy atom. The Balaban J connectivity index is 1.50. The molecule has 0 radical (unpaired) electrons. The maximum absolute atomic E-state index is 12.7. The highest BCUT2D eigenvalue weighted by atomic mass is 16.2. The van der Waals surface area contributed by atoms with Crippen LogP contribution in [-0.2, 0) is 19.9 Å². The van der Waals surface area contributed by atoms with Gasteiger partial charge in [0.05, 0.1) is 0 Å². The normalized spacial score (nSPS) is 18.0. The van der Waals surface area contributed by atoms with Crippen molar-refractivity contribution in [2.75, 3.05) is 13.1 Å². The first-order chi connectivity index (χ1) is 10.7. The first-order valence-corrected chi connectivity index (χ1v) is 7.99. The number of aromatic nitrogens is 3. The van der Waals surface area contributed by atoms with Gasteiger partial charge in [-0.25, -0.2) is 0 Å².